The third-order valence-electron chi connectivity index (χ3n) is 4.08. The van der Waals surface area contributed by atoms with Crippen LogP contribution in [0.5, 0.6) is 0 Å². The molecule has 0 radical (unpaired) electrons. The van der Waals surface area contributed by atoms with Gasteiger partial charge in [0.1, 0.15) is 0 Å². The zero-order valence-electron chi connectivity index (χ0n) is 14.4. The van der Waals surface area contributed by atoms with Crippen LogP contribution in [0, 0.1) is 5.92 Å². The average Bonchev–Trinajstić information content (AvgIpc) is 3.08. The van der Waals surface area contributed by atoms with Crippen LogP contribution < -0.4 is 0 Å². The lowest BCUT2D eigenvalue weighted by atomic mass is 10.00. The van der Waals surface area contributed by atoms with Gasteiger partial charge in [0.05, 0.1) is 0 Å². The van der Waals surface area contributed by atoms with E-state index in [0.29, 0.717) is 23.0 Å². The van der Waals surface area contributed by atoms with Gasteiger partial charge in [-0.1, -0.05) is 6.92 Å². The minimum atomic E-state index is -0.698. The number of hydrogen-bond donors (Lipinski definition) is 0. The van der Waals surface area contributed by atoms with Gasteiger partial charge in [0.25, 0.3) is 23.6 Å². The molecule has 0 bridgehead atoms. The van der Waals surface area contributed by atoms with E-state index in [0.717, 1.165) is 0 Å². The van der Waals surface area contributed by atoms with Crippen LogP contribution in [-0.4, -0.2) is 45.7 Å². The van der Waals surface area contributed by atoms with Crippen molar-refractivity contribution in [3.63, 3.8) is 0 Å². The first kappa shape index (κ1) is 19.5. The lowest BCUT2D eigenvalue weighted by Gasteiger charge is -2.15. The summed E-state index contributed by atoms with van der Waals surface area (Å²) in [4.78, 5) is 78.3. The fraction of sp³-hybridized carbons (Fsp3) is 0.625. The molecule has 4 amide bonds. The Bertz CT molecular complexity index is 558. The van der Waals surface area contributed by atoms with Crippen molar-refractivity contribution in [3.05, 3.63) is 0 Å². The van der Waals surface area contributed by atoms with Crippen LogP contribution in [0.4, 0.5) is 0 Å². The van der Waals surface area contributed by atoms with Gasteiger partial charge in [-0.15, -0.1) is 10.1 Å². The maximum absolute atomic E-state index is 11.7. The molecule has 142 valence electrons. The summed E-state index contributed by atoms with van der Waals surface area (Å²) in [5.74, 6) is -3.59. The number of imide groups is 2. The molecule has 0 aromatic heterocycles. The SMILES string of the molecule is CC(CCC(=O)ON1C(=O)CCC1=O)CCC(=O)ON1C(=O)CCC1=O. The van der Waals surface area contributed by atoms with E-state index in [1.165, 1.54) is 0 Å². The number of rotatable bonds is 8. The molecule has 2 rings (SSSR count). The summed E-state index contributed by atoms with van der Waals surface area (Å²) in [6.45, 7) is 1.80. The lowest BCUT2D eigenvalue weighted by molar-refractivity contribution is -0.198. The Morgan fingerprint density at radius 3 is 1.38 bits per heavy atom. The molecule has 2 saturated heterocycles. The Kier molecular flexibility index (Phi) is 6.42. The van der Waals surface area contributed by atoms with Gasteiger partial charge in [-0.2, -0.15) is 0 Å². The second-order valence-electron chi connectivity index (χ2n) is 6.27. The van der Waals surface area contributed by atoms with E-state index in [2.05, 4.69) is 0 Å². The Morgan fingerprint density at radius 1 is 0.769 bits per heavy atom. The number of hydrogen-bond acceptors (Lipinski definition) is 8. The van der Waals surface area contributed by atoms with Crippen molar-refractivity contribution in [2.24, 2.45) is 5.92 Å². The van der Waals surface area contributed by atoms with Crippen LogP contribution in [-0.2, 0) is 38.4 Å². The van der Waals surface area contributed by atoms with E-state index in [-0.39, 0.29) is 44.4 Å². The number of carbonyl (C=O) groups excluding carboxylic acids is 6. The van der Waals surface area contributed by atoms with Gasteiger partial charge >= 0.3 is 11.9 Å². The highest BCUT2D eigenvalue weighted by atomic mass is 16.7. The van der Waals surface area contributed by atoms with E-state index in [1.54, 1.807) is 6.92 Å². The van der Waals surface area contributed by atoms with Crippen LogP contribution in [0.1, 0.15) is 58.3 Å². The molecule has 2 heterocycles. The minimum absolute atomic E-state index is 0.0175. The van der Waals surface area contributed by atoms with Crippen LogP contribution >= 0.6 is 0 Å². The maximum Gasteiger partial charge on any atom is 0.333 e. The van der Waals surface area contributed by atoms with Gasteiger partial charge in [-0.25, -0.2) is 9.59 Å². The van der Waals surface area contributed by atoms with Crippen LogP contribution in [0.25, 0.3) is 0 Å². The van der Waals surface area contributed by atoms with Gasteiger partial charge in [0.2, 0.25) is 0 Å². The first-order valence-electron chi connectivity index (χ1n) is 8.41. The Labute approximate surface area is 149 Å². The van der Waals surface area contributed by atoms with Crippen molar-refractivity contribution in [1.82, 2.24) is 10.1 Å². The summed E-state index contributed by atoms with van der Waals surface area (Å²) < 4.78 is 0. The van der Waals surface area contributed by atoms with Crippen molar-refractivity contribution in [1.29, 1.82) is 0 Å². The predicted molar refractivity (Wildman–Crippen MR) is 82.0 cm³/mol. The quantitative estimate of drug-likeness (QED) is 0.563. The van der Waals surface area contributed by atoms with Crippen molar-refractivity contribution in [2.75, 3.05) is 0 Å². The largest absolute Gasteiger partial charge is 0.333 e. The van der Waals surface area contributed by atoms with Gasteiger partial charge in [0.15, 0.2) is 0 Å². The average molecular weight is 368 g/mol. The zero-order valence-corrected chi connectivity index (χ0v) is 14.4. The zero-order chi connectivity index (χ0) is 19.3. The van der Waals surface area contributed by atoms with E-state index >= 15 is 0 Å². The van der Waals surface area contributed by atoms with E-state index < -0.39 is 35.6 Å². The molecule has 0 unspecified atom stereocenters. The normalized spacial score (nSPS) is 17.5. The van der Waals surface area contributed by atoms with Crippen LogP contribution in [0.3, 0.4) is 0 Å². The smallest absolute Gasteiger partial charge is 0.330 e. The Hall–Kier alpha value is -2.78. The molecule has 0 atom stereocenters. The van der Waals surface area contributed by atoms with Crippen molar-refractivity contribution in [3.8, 4) is 0 Å². The number of nitrogens with zero attached hydrogens (tertiary/aromatic N) is 2. The summed E-state index contributed by atoms with van der Waals surface area (Å²) in [7, 11) is 0. The highest BCUT2D eigenvalue weighted by molar-refractivity contribution is 6.02. The van der Waals surface area contributed by atoms with E-state index in [9.17, 15) is 28.8 Å². The number of amides is 4. The van der Waals surface area contributed by atoms with Crippen molar-refractivity contribution < 1.29 is 38.4 Å². The summed E-state index contributed by atoms with van der Waals surface area (Å²) >= 11 is 0. The topological polar surface area (TPSA) is 127 Å². The standard InChI is InChI=1S/C16H20N2O8/c1-10(2-8-15(23)25-17-11(19)4-5-12(17)20)3-9-16(24)26-18-13(21)6-7-14(18)22/h10H,2-9H2,1H3. The molecule has 0 aromatic rings. The first-order chi connectivity index (χ1) is 12.3. The summed E-state index contributed by atoms with van der Waals surface area (Å²) in [6, 6.07) is 0. The fourth-order valence-electron chi connectivity index (χ4n) is 2.48. The monoisotopic (exact) mass is 368 g/mol. The molecule has 2 fully saturated rings. The highest BCUT2D eigenvalue weighted by Crippen LogP contribution is 2.18. The molecular weight excluding hydrogens is 348 g/mol. The molecular formula is C16H20N2O8. The summed E-state index contributed by atoms with van der Waals surface area (Å²) in [6.07, 6.45) is 0.860. The molecule has 2 aliphatic heterocycles. The summed E-state index contributed by atoms with van der Waals surface area (Å²) in [5.41, 5.74) is 0. The third-order valence-corrected chi connectivity index (χ3v) is 4.08. The number of carbonyl (C=O) groups is 6. The molecule has 0 spiro atoms. The van der Waals surface area contributed by atoms with Crippen LogP contribution in [0.15, 0.2) is 0 Å². The van der Waals surface area contributed by atoms with E-state index in [1.807, 2.05) is 0 Å². The third kappa shape index (κ3) is 5.11. The molecule has 2 aliphatic rings. The summed E-state index contributed by atoms with van der Waals surface area (Å²) in [5, 5.41) is 0.989. The van der Waals surface area contributed by atoms with Crippen LogP contribution in [0.2, 0.25) is 0 Å². The predicted octanol–water partition coefficient (Wildman–Crippen LogP) is 0.397. The lowest BCUT2D eigenvalue weighted by Crippen LogP contribution is -2.32. The minimum Gasteiger partial charge on any atom is -0.330 e. The number of hydroxylamine groups is 4. The van der Waals surface area contributed by atoms with Gasteiger partial charge in [0, 0.05) is 38.5 Å². The molecule has 0 N–H and O–H groups in total. The second-order valence-corrected chi connectivity index (χ2v) is 6.27. The fourth-order valence-corrected chi connectivity index (χ4v) is 2.48. The van der Waals surface area contributed by atoms with Gasteiger partial charge in [-0.05, 0) is 18.8 Å². The first-order valence-corrected chi connectivity index (χ1v) is 8.41. The molecule has 10 nitrogen and oxygen atoms in total. The Balaban J connectivity index is 1.64. The van der Waals surface area contributed by atoms with Gasteiger partial charge in [-0.3, -0.25) is 19.2 Å². The molecule has 0 aliphatic carbocycles. The van der Waals surface area contributed by atoms with Crippen molar-refractivity contribution >= 4 is 35.6 Å². The van der Waals surface area contributed by atoms with Gasteiger partial charge < -0.3 is 9.68 Å². The van der Waals surface area contributed by atoms with E-state index in [4.69, 9.17) is 9.68 Å². The maximum atomic E-state index is 11.7. The molecule has 0 saturated carbocycles. The highest BCUT2D eigenvalue weighted by Gasteiger charge is 2.33. The molecule has 0 aromatic carbocycles. The molecule has 26 heavy (non-hydrogen) atoms. The second kappa shape index (κ2) is 8.54. The van der Waals surface area contributed by atoms with Crippen molar-refractivity contribution in [2.45, 2.75) is 58.3 Å². The Morgan fingerprint density at radius 2 is 1.08 bits per heavy atom. The molecule has 10 heteroatoms.